The monoisotopic (exact) mass is 199 g/mol. The van der Waals surface area contributed by atoms with Gasteiger partial charge in [-0.3, -0.25) is 0 Å². The second-order valence-corrected chi connectivity index (χ2v) is 3.03. The summed E-state index contributed by atoms with van der Waals surface area (Å²) in [5, 5.41) is 14.5. The Morgan fingerprint density at radius 3 is 2.73 bits per heavy atom. The quantitative estimate of drug-likeness (QED) is 0.426. The Kier molecular flexibility index (Phi) is 3.64. The van der Waals surface area contributed by atoms with Crippen LogP contribution in [0.25, 0.3) is 0 Å². The topological polar surface area (TPSA) is 39.4 Å². The van der Waals surface area contributed by atoms with Crippen molar-refractivity contribution in [1.82, 2.24) is 0 Å². The highest BCUT2D eigenvalue weighted by molar-refractivity contribution is 5.63. The number of hydrogen-bond donors (Lipinski definition) is 0. The van der Waals surface area contributed by atoms with E-state index >= 15 is 0 Å². The van der Waals surface area contributed by atoms with Crippen LogP contribution >= 0.6 is 0 Å². The van der Waals surface area contributed by atoms with E-state index in [4.69, 9.17) is 5.26 Å². The molecule has 0 spiro atoms. The fourth-order valence-electron chi connectivity index (χ4n) is 1.24. The van der Waals surface area contributed by atoms with Crippen LogP contribution in [0.1, 0.15) is 12.5 Å². The molecule has 3 nitrogen and oxygen atoms in total. The van der Waals surface area contributed by atoms with Gasteiger partial charge in [0, 0.05) is 6.21 Å². The first kappa shape index (κ1) is 11.0. The molecule has 0 unspecified atom stereocenters. The SMILES string of the molecule is C=C(C#N)N(/N=C\C)c1ccccc1C. The number of anilines is 1. The lowest BCUT2D eigenvalue weighted by atomic mass is 10.2. The summed E-state index contributed by atoms with van der Waals surface area (Å²) >= 11 is 0. The number of nitriles is 1. The summed E-state index contributed by atoms with van der Waals surface area (Å²) in [7, 11) is 0. The van der Waals surface area contributed by atoms with Gasteiger partial charge >= 0.3 is 0 Å². The van der Waals surface area contributed by atoms with Gasteiger partial charge in [0.2, 0.25) is 0 Å². The Labute approximate surface area is 89.9 Å². The van der Waals surface area contributed by atoms with Crippen molar-refractivity contribution < 1.29 is 0 Å². The minimum Gasteiger partial charge on any atom is -0.224 e. The van der Waals surface area contributed by atoms with E-state index in [-0.39, 0.29) is 0 Å². The third-order valence-corrected chi connectivity index (χ3v) is 1.96. The molecule has 0 fully saturated rings. The maximum Gasteiger partial charge on any atom is 0.135 e. The third kappa shape index (κ3) is 2.44. The van der Waals surface area contributed by atoms with Crippen molar-refractivity contribution in [2.75, 3.05) is 5.01 Å². The van der Waals surface area contributed by atoms with Crippen LogP contribution in [-0.2, 0) is 0 Å². The first-order valence-electron chi connectivity index (χ1n) is 4.64. The maximum atomic E-state index is 8.82. The molecule has 0 saturated carbocycles. The summed E-state index contributed by atoms with van der Waals surface area (Å²) in [5.41, 5.74) is 2.24. The highest BCUT2D eigenvalue weighted by atomic mass is 15.5. The van der Waals surface area contributed by atoms with Crippen molar-refractivity contribution >= 4 is 11.9 Å². The maximum absolute atomic E-state index is 8.82. The van der Waals surface area contributed by atoms with E-state index in [1.54, 1.807) is 13.1 Å². The average molecular weight is 199 g/mol. The zero-order valence-corrected chi connectivity index (χ0v) is 8.94. The Balaban J connectivity index is 3.17. The molecule has 0 amide bonds. The van der Waals surface area contributed by atoms with Crippen molar-refractivity contribution in [3.8, 4) is 6.07 Å². The van der Waals surface area contributed by atoms with Gasteiger partial charge in [0.15, 0.2) is 0 Å². The molecule has 76 valence electrons. The average Bonchev–Trinajstić information content (AvgIpc) is 2.26. The van der Waals surface area contributed by atoms with Gasteiger partial charge in [0.05, 0.1) is 5.69 Å². The van der Waals surface area contributed by atoms with Gasteiger partial charge in [-0.05, 0) is 25.5 Å². The van der Waals surface area contributed by atoms with Gasteiger partial charge in [0.25, 0.3) is 0 Å². The number of nitrogens with zero attached hydrogens (tertiary/aromatic N) is 3. The molecule has 0 atom stereocenters. The molecule has 1 aromatic carbocycles. The molecule has 0 aliphatic heterocycles. The second kappa shape index (κ2) is 4.97. The summed E-state index contributed by atoms with van der Waals surface area (Å²) in [6, 6.07) is 9.73. The van der Waals surface area contributed by atoms with Gasteiger partial charge in [0.1, 0.15) is 11.8 Å². The lowest BCUT2D eigenvalue weighted by Gasteiger charge is -2.18. The number of aryl methyl sites for hydroxylation is 1. The van der Waals surface area contributed by atoms with Crippen LogP contribution in [0.2, 0.25) is 0 Å². The van der Waals surface area contributed by atoms with E-state index in [2.05, 4.69) is 11.7 Å². The number of rotatable bonds is 3. The molecule has 0 N–H and O–H groups in total. The molecule has 0 aliphatic carbocycles. The third-order valence-electron chi connectivity index (χ3n) is 1.96. The molecular weight excluding hydrogens is 186 g/mol. The Morgan fingerprint density at radius 2 is 2.20 bits per heavy atom. The molecule has 1 rings (SSSR count). The van der Waals surface area contributed by atoms with Crippen LogP contribution in [-0.4, -0.2) is 6.21 Å². The number of allylic oxidation sites excluding steroid dienone is 1. The van der Waals surface area contributed by atoms with Crippen molar-refractivity contribution in [1.29, 1.82) is 5.26 Å². The Morgan fingerprint density at radius 1 is 1.53 bits per heavy atom. The van der Waals surface area contributed by atoms with Crippen LogP contribution in [0.15, 0.2) is 41.6 Å². The number of benzene rings is 1. The van der Waals surface area contributed by atoms with Crippen molar-refractivity contribution in [2.45, 2.75) is 13.8 Å². The van der Waals surface area contributed by atoms with E-state index in [0.717, 1.165) is 11.3 Å². The van der Waals surface area contributed by atoms with E-state index in [0.29, 0.717) is 5.70 Å². The molecule has 0 bridgehead atoms. The predicted octanol–water partition coefficient (Wildman–Crippen LogP) is 2.84. The van der Waals surface area contributed by atoms with Crippen LogP contribution in [0.4, 0.5) is 5.69 Å². The van der Waals surface area contributed by atoms with Crippen LogP contribution < -0.4 is 5.01 Å². The molecule has 0 radical (unpaired) electrons. The summed E-state index contributed by atoms with van der Waals surface area (Å²) in [6.07, 6.45) is 1.63. The number of hydrazone groups is 1. The van der Waals surface area contributed by atoms with Gasteiger partial charge < -0.3 is 0 Å². The molecule has 0 aromatic heterocycles. The first-order chi connectivity index (χ1) is 7.20. The molecule has 15 heavy (non-hydrogen) atoms. The van der Waals surface area contributed by atoms with Crippen LogP contribution in [0.5, 0.6) is 0 Å². The first-order valence-corrected chi connectivity index (χ1v) is 4.64. The Bertz CT molecular complexity index is 427. The minimum atomic E-state index is 0.308. The highest BCUT2D eigenvalue weighted by Gasteiger charge is 2.09. The zero-order chi connectivity index (χ0) is 11.3. The highest BCUT2D eigenvalue weighted by Crippen LogP contribution is 2.22. The lowest BCUT2D eigenvalue weighted by Crippen LogP contribution is -2.14. The van der Waals surface area contributed by atoms with Gasteiger partial charge in [-0.2, -0.15) is 10.4 Å². The smallest absolute Gasteiger partial charge is 0.135 e. The van der Waals surface area contributed by atoms with Gasteiger partial charge in [-0.1, -0.05) is 24.8 Å². The fourth-order valence-corrected chi connectivity index (χ4v) is 1.24. The van der Waals surface area contributed by atoms with E-state index in [1.807, 2.05) is 37.3 Å². The number of hydrogen-bond acceptors (Lipinski definition) is 3. The van der Waals surface area contributed by atoms with E-state index in [9.17, 15) is 0 Å². The van der Waals surface area contributed by atoms with Crippen molar-refractivity contribution in [2.24, 2.45) is 5.10 Å². The van der Waals surface area contributed by atoms with Crippen molar-refractivity contribution in [3.63, 3.8) is 0 Å². The largest absolute Gasteiger partial charge is 0.224 e. The predicted molar refractivity (Wildman–Crippen MR) is 62.6 cm³/mol. The summed E-state index contributed by atoms with van der Waals surface area (Å²) in [4.78, 5) is 0. The van der Waals surface area contributed by atoms with E-state index in [1.165, 1.54) is 5.01 Å². The summed E-state index contributed by atoms with van der Waals surface area (Å²) < 4.78 is 0. The zero-order valence-electron chi connectivity index (χ0n) is 8.94. The van der Waals surface area contributed by atoms with Crippen LogP contribution in [0, 0.1) is 18.3 Å². The van der Waals surface area contributed by atoms with Gasteiger partial charge in [-0.25, -0.2) is 5.01 Å². The van der Waals surface area contributed by atoms with Gasteiger partial charge in [-0.15, -0.1) is 0 Å². The van der Waals surface area contributed by atoms with Crippen LogP contribution in [0.3, 0.4) is 0 Å². The lowest BCUT2D eigenvalue weighted by molar-refractivity contribution is 1.03. The molecule has 3 heteroatoms. The minimum absolute atomic E-state index is 0.308. The summed E-state index contributed by atoms with van der Waals surface area (Å²) in [5.74, 6) is 0. The normalized spacial score (nSPS) is 9.93. The molecule has 0 heterocycles. The number of para-hydroxylation sites is 1. The van der Waals surface area contributed by atoms with Crippen molar-refractivity contribution in [3.05, 3.63) is 42.1 Å². The molecule has 0 aliphatic rings. The van der Waals surface area contributed by atoms with E-state index < -0.39 is 0 Å². The molecule has 1 aromatic rings. The summed E-state index contributed by atoms with van der Waals surface area (Å²) in [6.45, 7) is 7.43. The standard InChI is InChI=1S/C12H13N3/c1-4-14-15(11(3)9-13)12-8-6-5-7-10(12)2/h4-8H,3H2,1-2H3/b14-4-. The fraction of sp³-hybridized carbons (Fsp3) is 0.167. The molecule has 0 saturated heterocycles. The molecular formula is C12H13N3. The second-order valence-electron chi connectivity index (χ2n) is 3.03. The Hall–Kier alpha value is -2.08.